The summed E-state index contributed by atoms with van der Waals surface area (Å²) in [6.45, 7) is 8.28. The standard InChI is InChI=1S/C22H29FN6O.C7H9N/c1-4-14(2)20-17-7-9-24-21(17)28-22(27-20)26-18-6-5-15(11-19(18)30-3)25-16-12-29(13-16)10-8-23;1-6-3-2-4-7(8)5-6/h5-7,9,11,14,16,25H,4,8,10,12-13H2,1-3H3,(H2,24,26,27,28);2-5H,8H2,1H3. The van der Waals surface area contributed by atoms with E-state index in [0.29, 0.717) is 30.2 Å². The molecule has 1 aliphatic rings. The fourth-order valence-electron chi connectivity index (χ4n) is 4.46. The summed E-state index contributed by atoms with van der Waals surface area (Å²) in [6, 6.07) is 16.1. The zero-order valence-electron chi connectivity index (χ0n) is 22.6. The zero-order chi connectivity index (χ0) is 27.1. The van der Waals surface area contributed by atoms with Crippen molar-refractivity contribution in [3.8, 4) is 5.75 Å². The van der Waals surface area contributed by atoms with Gasteiger partial charge in [-0.2, -0.15) is 4.98 Å². The minimum Gasteiger partial charge on any atom is -0.494 e. The van der Waals surface area contributed by atoms with E-state index < -0.39 is 0 Å². The predicted octanol–water partition coefficient (Wildman–Crippen LogP) is 5.87. The van der Waals surface area contributed by atoms with Crippen LogP contribution >= 0.6 is 0 Å². The number of aromatic nitrogens is 3. The van der Waals surface area contributed by atoms with Crippen molar-refractivity contribution in [2.24, 2.45) is 0 Å². The fourth-order valence-corrected chi connectivity index (χ4v) is 4.46. The zero-order valence-corrected chi connectivity index (χ0v) is 22.6. The molecule has 2 aromatic heterocycles. The Bertz CT molecular complexity index is 1320. The van der Waals surface area contributed by atoms with Crippen molar-refractivity contribution in [1.29, 1.82) is 0 Å². The highest BCUT2D eigenvalue weighted by Crippen LogP contribution is 2.32. The fraction of sp³-hybridized carbons (Fsp3) is 0.379. The van der Waals surface area contributed by atoms with Crippen molar-refractivity contribution in [1.82, 2.24) is 19.9 Å². The summed E-state index contributed by atoms with van der Waals surface area (Å²) in [6.07, 6.45) is 2.90. The highest BCUT2D eigenvalue weighted by molar-refractivity contribution is 5.80. The van der Waals surface area contributed by atoms with E-state index >= 15 is 0 Å². The third-order valence-corrected chi connectivity index (χ3v) is 6.74. The molecule has 38 heavy (non-hydrogen) atoms. The van der Waals surface area contributed by atoms with Gasteiger partial charge in [-0.3, -0.25) is 4.90 Å². The maximum Gasteiger partial charge on any atom is 0.229 e. The summed E-state index contributed by atoms with van der Waals surface area (Å²) in [5.41, 5.74) is 11.1. The lowest BCUT2D eigenvalue weighted by Gasteiger charge is -2.39. The molecule has 202 valence electrons. The number of alkyl halides is 1. The number of nitrogens with zero attached hydrogens (tertiary/aromatic N) is 3. The molecule has 2 aromatic carbocycles. The number of H-pyrrole nitrogens is 1. The molecule has 5 rings (SSSR count). The van der Waals surface area contributed by atoms with Gasteiger partial charge < -0.3 is 26.1 Å². The second kappa shape index (κ2) is 12.6. The van der Waals surface area contributed by atoms with Crippen LogP contribution in [0.2, 0.25) is 0 Å². The summed E-state index contributed by atoms with van der Waals surface area (Å²) < 4.78 is 18.0. The Morgan fingerprint density at radius 3 is 2.66 bits per heavy atom. The first-order valence-corrected chi connectivity index (χ1v) is 13.1. The molecule has 4 aromatic rings. The van der Waals surface area contributed by atoms with Crippen LogP contribution < -0.4 is 21.1 Å². The van der Waals surface area contributed by atoms with Gasteiger partial charge >= 0.3 is 0 Å². The molecular formula is C29H38FN7O. The van der Waals surface area contributed by atoms with Crippen LogP contribution in [-0.2, 0) is 0 Å². The van der Waals surface area contributed by atoms with E-state index in [1.54, 1.807) is 7.11 Å². The molecule has 5 N–H and O–H groups in total. The molecule has 0 amide bonds. The Labute approximate surface area is 223 Å². The maximum atomic E-state index is 12.4. The van der Waals surface area contributed by atoms with E-state index in [4.69, 9.17) is 15.5 Å². The Balaban J connectivity index is 0.000000360. The number of halogens is 1. The first-order valence-electron chi connectivity index (χ1n) is 13.1. The first kappa shape index (κ1) is 27.2. The van der Waals surface area contributed by atoms with Crippen LogP contribution in [0.4, 0.5) is 27.4 Å². The lowest BCUT2D eigenvalue weighted by Crippen LogP contribution is -2.55. The molecular weight excluding hydrogens is 481 g/mol. The summed E-state index contributed by atoms with van der Waals surface area (Å²) in [7, 11) is 1.65. The molecule has 0 saturated carbocycles. The van der Waals surface area contributed by atoms with Crippen LogP contribution in [0.1, 0.15) is 37.4 Å². The monoisotopic (exact) mass is 519 g/mol. The molecule has 3 heterocycles. The van der Waals surface area contributed by atoms with Gasteiger partial charge in [-0.25, -0.2) is 9.37 Å². The second-order valence-corrected chi connectivity index (χ2v) is 9.73. The number of hydrogen-bond donors (Lipinski definition) is 4. The van der Waals surface area contributed by atoms with Gasteiger partial charge in [0.05, 0.1) is 24.5 Å². The van der Waals surface area contributed by atoms with Gasteiger partial charge in [-0.1, -0.05) is 26.0 Å². The molecule has 8 nitrogen and oxygen atoms in total. The molecule has 1 fully saturated rings. The number of aromatic amines is 1. The normalized spacial score (nSPS) is 14.3. The lowest BCUT2D eigenvalue weighted by molar-refractivity contribution is 0.150. The third kappa shape index (κ3) is 6.72. The summed E-state index contributed by atoms with van der Waals surface area (Å²) in [5, 5.41) is 7.85. The molecule has 1 unspecified atom stereocenters. The summed E-state index contributed by atoms with van der Waals surface area (Å²) >= 11 is 0. The van der Waals surface area contributed by atoms with E-state index in [1.807, 2.05) is 61.7 Å². The lowest BCUT2D eigenvalue weighted by atomic mass is 10.0. The van der Waals surface area contributed by atoms with Crippen molar-refractivity contribution in [3.63, 3.8) is 0 Å². The number of ether oxygens (including phenoxy) is 1. The number of nitrogens with one attached hydrogen (secondary N) is 3. The van der Waals surface area contributed by atoms with Crippen molar-refractivity contribution >= 4 is 34.0 Å². The number of rotatable bonds is 9. The highest BCUT2D eigenvalue weighted by atomic mass is 19.1. The minimum absolute atomic E-state index is 0.296. The van der Waals surface area contributed by atoms with E-state index in [-0.39, 0.29) is 6.67 Å². The molecule has 9 heteroatoms. The molecule has 1 atom stereocenters. The van der Waals surface area contributed by atoms with Crippen LogP contribution in [0, 0.1) is 6.92 Å². The average molecular weight is 520 g/mol. The van der Waals surface area contributed by atoms with E-state index in [9.17, 15) is 4.39 Å². The van der Waals surface area contributed by atoms with E-state index in [2.05, 4.69) is 39.3 Å². The number of nitrogen functional groups attached to an aromatic ring is 1. The number of hydrogen-bond acceptors (Lipinski definition) is 7. The molecule has 0 spiro atoms. The van der Waals surface area contributed by atoms with Gasteiger partial charge in [0.25, 0.3) is 0 Å². The Morgan fingerprint density at radius 1 is 1.18 bits per heavy atom. The Morgan fingerprint density at radius 2 is 2.00 bits per heavy atom. The predicted molar refractivity (Wildman–Crippen MR) is 154 cm³/mol. The number of anilines is 4. The van der Waals surface area contributed by atoms with Crippen molar-refractivity contribution in [2.75, 3.05) is 49.8 Å². The highest BCUT2D eigenvalue weighted by Gasteiger charge is 2.26. The number of benzene rings is 2. The Hall–Kier alpha value is -3.85. The van der Waals surface area contributed by atoms with Gasteiger partial charge in [-0.05, 0) is 55.2 Å². The van der Waals surface area contributed by atoms with Gasteiger partial charge in [0.1, 0.15) is 18.1 Å². The number of methoxy groups -OCH3 is 1. The minimum atomic E-state index is -0.296. The number of fused-ring (bicyclic) bond motifs is 1. The first-order chi connectivity index (χ1) is 18.4. The van der Waals surface area contributed by atoms with Gasteiger partial charge in [0.2, 0.25) is 5.95 Å². The van der Waals surface area contributed by atoms with Gasteiger partial charge in [0, 0.05) is 48.7 Å². The quantitative estimate of drug-likeness (QED) is 0.205. The summed E-state index contributed by atoms with van der Waals surface area (Å²) in [4.78, 5) is 14.7. The second-order valence-electron chi connectivity index (χ2n) is 9.73. The average Bonchev–Trinajstić information content (AvgIpc) is 3.36. The number of likely N-dealkylation sites (tertiary alicyclic amines) is 1. The SMILES string of the molecule is CCC(C)c1nc(Nc2ccc(NC3CN(CCF)C3)cc2OC)nc2[nH]ccc12.Cc1cccc(N)c1. The van der Waals surface area contributed by atoms with Crippen molar-refractivity contribution < 1.29 is 9.13 Å². The van der Waals surface area contributed by atoms with Crippen LogP contribution in [0.15, 0.2) is 54.7 Å². The molecule has 0 bridgehead atoms. The van der Waals surface area contributed by atoms with Crippen LogP contribution in [0.5, 0.6) is 5.75 Å². The van der Waals surface area contributed by atoms with Crippen molar-refractivity contribution in [3.05, 3.63) is 66.0 Å². The largest absolute Gasteiger partial charge is 0.494 e. The van der Waals surface area contributed by atoms with E-state index in [1.165, 1.54) is 5.56 Å². The molecule has 0 aliphatic carbocycles. The van der Waals surface area contributed by atoms with Crippen LogP contribution in [-0.4, -0.2) is 59.3 Å². The van der Waals surface area contributed by atoms with Gasteiger partial charge in [-0.15, -0.1) is 0 Å². The smallest absolute Gasteiger partial charge is 0.229 e. The van der Waals surface area contributed by atoms with Crippen LogP contribution in [0.25, 0.3) is 11.0 Å². The Kier molecular flexibility index (Phi) is 9.02. The van der Waals surface area contributed by atoms with Crippen molar-refractivity contribution in [2.45, 2.75) is 39.2 Å². The number of nitrogens with two attached hydrogens (primary N) is 1. The maximum absolute atomic E-state index is 12.4. The third-order valence-electron chi connectivity index (χ3n) is 6.74. The summed E-state index contributed by atoms with van der Waals surface area (Å²) in [5.74, 6) is 1.58. The molecule has 0 radical (unpaired) electrons. The topological polar surface area (TPSA) is 104 Å². The molecule has 1 aliphatic heterocycles. The van der Waals surface area contributed by atoms with Crippen LogP contribution in [0.3, 0.4) is 0 Å². The van der Waals surface area contributed by atoms with E-state index in [0.717, 1.165) is 53.3 Å². The number of aryl methyl sites for hydroxylation is 1. The van der Waals surface area contributed by atoms with Gasteiger partial charge in [0.15, 0.2) is 0 Å². The molecule has 1 saturated heterocycles.